The van der Waals surface area contributed by atoms with Crippen LogP contribution in [0.1, 0.15) is 39.0 Å². The van der Waals surface area contributed by atoms with Crippen LogP contribution in [0.4, 0.5) is 5.69 Å². The summed E-state index contributed by atoms with van der Waals surface area (Å²) in [5.41, 5.74) is 2.85. The van der Waals surface area contributed by atoms with Crippen LogP contribution in [-0.2, 0) is 16.6 Å². The number of piperidine rings is 1. The first-order chi connectivity index (χ1) is 15.1. The highest BCUT2D eigenvalue weighted by molar-refractivity contribution is 7.89. The van der Waals surface area contributed by atoms with Crippen molar-refractivity contribution in [1.82, 2.24) is 8.87 Å². The van der Waals surface area contributed by atoms with Gasteiger partial charge in [-0.05, 0) is 43.5 Å². The summed E-state index contributed by atoms with van der Waals surface area (Å²) in [7, 11) is -3.46. The molecule has 1 saturated heterocycles. The molecule has 2 aromatic carbocycles. The number of sulfonamides is 1. The molecule has 0 unspecified atom stereocenters. The van der Waals surface area contributed by atoms with Crippen LogP contribution >= 0.6 is 11.3 Å². The Morgan fingerprint density at radius 2 is 1.77 bits per heavy atom. The first-order valence-electron chi connectivity index (χ1n) is 11.0. The lowest BCUT2D eigenvalue weighted by atomic mass is 10.1. The molecule has 7 heteroatoms. The maximum atomic E-state index is 13.2. The van der Waals surface area contributed by atoms with E-state index in [4.69, 9.17) is 4.99 Å². The number of hydrogen-bond acceptors (Lipinski definition) is 4. The summed E-state index contributed by atoms with van der Waals surface area (Å²) in [5.74, 6) is 0. The Bertz CT molecular complexity index is 1170. The molecule has 0 amide bonds. The minimum absolute atomic E-state index is 0.377. The van der Waals surface area contributed by atoms with Crippen molar-refractivity contribution in [2.24, 2.45) is 4.99 Å². The van der Waals surface area contributed by atoms with E-state index < -0.39 is 10.0 Å². The van der Waals surface area contributed by atoms with Crippen molar-refractivity contribution in [3.05, 3.63) is 64.8 Å². The SMILES string of the molecule is CCCCn1c(-c2cccc(S(=O)(=O)N3CCCCC3)c2)csc1=Nc1ccccc1. The Hall–Kier alpha value is -2.22. The van der Waals surface area contributed by atoms with Crippen LogP contribution in [0.2, 0.25) is 0 Å². The molecule has 2 heterocycles. The number of nitrogens with zero attached hydrogens (tertiary/aromatic N) is 3. The second-order valence-electron chi connectivity index (χ2n) is 7.85. The molecule has 3 aromatic rings. The van der Waals surface area contributed by atoms with E-state index >= 15 is 0 Å². The van der Waals surface area contributed by atoms with Crippen LogP contribution in [-0.4, -0.2) is 30.4 Å². The predicted octanol–water partition coefficient (Wildman–Crippen LogP) is 5.42. The third kappa shape index (κ3) is 5.00. The van der Waals surface area contributed by atoms with Gasteiger partial charge in [-0.1, -0.05) is 50.1 Å². The highest BCUT2D eigenvalue weighted by Crippen LogP contribution is 2.27. The fourth-order valence-corrected chi connectivity index (χ4v) is 6.38. The van der Waals surface area contributed by atoms with E-state index in [1.165, 1.54) is 0 Å². The van der Waals surface area contributed by atoms with Gasteiger partial charge in [-0.25, -0.2) is 13.4 Å². The van der Waals surface area contributed by atoms with Crippen LogP contribution in [0.5, 0.6) is 0 Å². The average Bonchev–Trinajstić information content (AvgIpc) is 3.21. The van der Waals surface area contributed by atoms with Crippen LogP contribution in [0.3, 0.4) is 0 Å². The molecule has 5 nitrogen and oxygen atoms in total. The number of para-hydroxylation sites is 1. The highest BCUT2D eigenvalue weighted by Gasteiger charge is 2.26. The molecular formula is C24H29N3O2S2. The fourth-order valence-electron chi connectivity index (χ4n) is 3.86. The maximum absolute atomic E-state index is 13.2. The van der Waals surface area contributed by atoms with Gasteiger partial charge >= 0.3 is 0 Å². The summed E-state index contributed by atoms with van der Waals surface area (Å²) in [6.07, 6.45) is 5.09. The fraction of sp³-hybridized carbons (Fsp3) is 0.375. The van der Waals surface area contributed by atoms with E-state index in [0.29, 0.717) is 18.0 Å². The van der Waals surface area contributed by atoms with Gasteiger partial charge in [0, 0.05) is 30.6 Å². The molecule has 1 aliphatic rings. The normalized spacial score (nSPS) is 16.0. The van der Waals surface area contributed by atoms with E-state index in [1.807, 2.05) is 48.5 Å². The van der Waals surface area contributed by atoms with Gasteiger partial charge in [-0.15, -0.1) is 11.3 Å². The van der Waals surface area contributed by atoms with Crippen LogP contribution in [0.15, 0.2) is 69.9 Å². The van der Waals surface area contributed by atoms with Gasteiger partial charge in [0.2, 0.25) is 10.0 Å². The van der Waals surface area contributed by atoms with Crippen molar-refractivity contribution in [3.63, 3.8) is 0 Å². The number of benzene rings is 2. The van der Waals surface area contributed by atoms with Crippen molar-refractivity contribution in [1.29, 1.82) is 0 Å². The van der Waals surface area contributed by atoms with Crippen LogP contribution in [0, 0.1) is 0 Å². The van der Waals surface area contributed by atoms with Gasteiger partial charge < -0.3 is 4.57 Å². The zero-order chi connectivity index (χ0) is 21.7. The lowest BCUT2D eigenvalue weighted by molar-refractivity contribution is 0.346. The molecule has 0 saturated carbocycles. The summed E-state index contributed by atoms with van der Waals surface area (Å²) >= 11 is 1.59. The second kappa shape index (κ2) is 9.94. The molecule has 1 aromatic heterocycles. The maximum Gasteiger partial charge on any atom is 0.243 e. The Morgan fingerprint density at radius 1 is 1.00 bits per heavy atom. The number of thiazole rings is 1. The molecule has 31 heavy (non-hydrogen) atoms. The molecule has 0 bridgehead atoms. The van der Waals surface area contributed by atoms with Gasteiger partial charge in [-0.3, -0.25) is 0 Å². The van der Waals surface area contributed by atoms with Crippen molar-refractivity contribution in [2.45, 2.75) is 50.5 Å². The Kier molecular flexibility index (Phi) is 7.05. The minimum Gasteiger partial charge on any atom is -0.316 e. The molecule has 1 aliphatic heterocycles. The number of hydrogen-bond donors (Lipinski definition) is 0. The van der Waals surface area contributed by atoms with E-state index in [0.717, 1.165) is 60.4 Å². The molecule has 0 aliphatic carbocycles. The third-order valence-electron chi connectivity index (χ3n) is 5.60. The largest absolute Gasteiger partial charge is 0.316 e. The average molecular weight is 456 g/mol. The first-order valence-corrected chi connectivity index (χ1v) is 13.3. The summed E-state index contributed by atoms with van der Waals surface area (Å²) in [6.45, 7) is 4.25. The lowest BCUT2D eigenvalue weighted by Crippen LogP contribution is -2.35. The van der Waals surface area contributed by atoms with Crippen molar-refractivity contribution < 1.29 is 8.42 Å². The smallest absolute Gasteiger partial charge is 0.243 e. The Balaban J connectivity index is 1.74. The summed E-state index contributed by atoms with van der Waals surface area (Å²) in [5, 5.41) is 2.09. The van der Waals surface area contributed by atoms with Crippen molar-refractivity contribution in [3.8, 4) is 11.3 Å². The van der Waals surface area contributed by atoms with Gasteiger partial charge in [0.1, 0.15) is 0 Å². The highest BCUT2D eigenvalue weighted by atomic mass is 32.2. The van der Waals surface area contributed by atoms with Crippen molar-refractivity contribution in [2.75, 3.05) is 13.1 Å². The molecular weight excluding hydrogens is 426 g/mol. The second-order valence-corrected chi connectivity index (χ2v) is 10.6. The number of aromatic nitrogens is 1. The molecule has 4 rings (SSSR count). The lowest BCUT2D eigenvalue weighted by Gasteiger charge is -2.26. The quantitative estimate of drug-likeness (QED) is 0.477. The van der Waals surface area contributed by atoms with E-state index in [9.17, 15) is 8.42 Å². The minimum atomic E-state index is -3.46. The van der Waals surface area contributed by atoms with Crippen LogP contribution < -0.4 is 4.80 Å². The molecule has 0 N–H and O–H groups in total. The standard InChI is InChI=1S/C24H29N3O2S2/c1-2-3-17-27-23(19-30-24(27)25-21-12-6-4-7-13-21)20-11-10-14-22(18-20)31(28,29)26-15-8-5-9-16-26/h4,6-7,10-14,18-19H,2-3,5,8-9,15-17H2,1H3. The van der Waals surface area contributed by atoms with Gasteiger partial charge in [0.25, 0.3) is 0 Å². The van der Waals surface area contributed by atoms with Crippen molar-refractivity contribution >= 4 is 27.0 Å². The molecule has 1 fully saturated rings. The zero-order valence-electron chi connectivity index (χ0n) is 17.9. The monoisotopic (exact) mass is 455 g/mol. The predicted molar refractivity (Wildman–Crippen MR) is 127 cm³/mol. The molecule has 0 atom stereocenters. The summed E-state index contributed by atoms with van der Waals surface area (Å²) < 4.78 is 30.2. The number of rotatable bonds is 7. The van der Waals surface area contributed by atoms with Gasteiger partial charge in [-0.2, -0.15) is 4.31 Å². The first kappa shape index (κ1) is 22.0. The molecule has 164 valence electrons. The van der Waals surface area contributed by atoms with E-state index in [2.05, 4.69) is 16.9 Å². The molecule has 0 spiro atoms. The van der Waals surface area contributed by atoms with E-state index in [1.54, 1.807) is 21.7 Å². The number of unbranched alkanes of at least 4 members (excludes halogenated alkanes) is 1. The van der Waals surface area contributed by atoms with Gasteiger partial charge in [0.15, 0.2) is 4.80 Å². The zero-order valence-corrected chi connectivity index (χ0v) is 19.5. The van der Waals surface area contributed by atoms with Gasteiger partial charge in [0.05, 0.1) is 16.3 Å². The van der Waals surface area contributed by atoms with Crippen LogP contribution in [0.25, 0.3) is 11.3 Å². The van der Waals surface area contributed by atoms with E-state index in [-0.39, 0.29) is 0 Å². The summed E-state index contributed by atoms with van der Waals surface area (Å²) in [6, 6.07) is 17.3. The molecule has 0 radical (unpaired) electrons. The third-order valence-corrected chi connectivity index (χ3v) is 8.35. The Labute approximate surface area is 188 Å². The summed E-state index contributed by atoms with van der Waals surface area (Å²) in [4.78, 5) is 6.15. The Morgan fingerprint density at radius 3 is 2.52 bits per heavy atom. The topological polar surface area (TPSA) is 54.7 Å².